The van der Waals surface area contributed by atoms with Gasteiger partial charge in [-0.3, -0.25) is 13.9 Å². The summed E-state index contributed by atoms with van der Waals surface area (Å²) in [6.45, 7) is 5.77. The lowest BCUT2D eigenvalue weighted by Crippen LogP contribution is -2.49. The summed E-state index contributed by atoms with van der Waals surface area (Å²) in [6.07, 6.45) is 2.17. The molecule has 0 aliphatic heterocycles. The summed E-state index contributed by atoms with van der Waals surface area (Å²) in [6, 6.07) is 10.7. The first-order valence-electron chi connectivity index (χ1n) is 11.6. The second-order valence-corrected chi connectivity index (χ2v) is 11.8. The molecule has 2 atom stereocenters. The Labute approximate surface area is 228 Å². The third-order valence-corrected chi connectivity index (χ3v) is 7.96. The van der Waals surface area contributed by atoms with Crippen LogP contribution in [0.4, 0.5) is 5.69 Å². The highest BCUT2D eigenvalue weighted by Crippen LogP contribution is 2.25. The smallest absolute Gasteiger partial charge is 0.242 e. The predicted octanol–water partition coefficient (Wildman–Crippen LogP) is 5.53. The van der Waals surface area contributed by atoms with Crippen LogP contribution >= 0.6 is 34.8 Å². The predicted molar refractivity (Wildman–Crippen MR) is 147 cm³/mol. The van der Waals surface area contributed by atoms with Crippen LogP contribution in [0.15, 0.2) is 42.5 Å². The van der Waals surface area contributed by atoms with Gasteiger partial charge in [0.2, 0.25) is 21.8 Å². The number of carbonyl (C=O) groups is 2. The van der Waals surface area contributed by atoms with Gasteiger partial charge in [-0.1, -0.05) is 47.8 Å². The van der Waals surface area contributed by atoms with Crippen LogP contribution in [0.2, 0.25) is 15.1 Å². The van der Waals surface area contributed by atoms with E-state index in [1.54, 1.807) is 49.4 Å². The Bertz CT molecular complexity index is 1160. The first-order valence-corrected chi connectivity index (χ1v) is 14.6. The first-order chi connectivity index (χ1) is 16.8. The van der Waals surface area contributed by atoms with Crippen molar-refractivity contribution in [2.24, 2.45) is 0 Å². The van der Waals surface area contributed by atoms with Crippen LogP contribution in [-0.4, -0.2) is 50.0 Å². The van der Waals surface area contributed by atoms with Crippen LogP contribution < -0.4 is 9.62 Å². The van der Waals surface area contributed by atoms with Gasteiger partial charge in [-0.25, -0.2) is 8.42 Å². The van der Waals surface area contributed by atoms with Crippen molar-refractivity contribution in [2.75, 3.05) is 17.1 Å². The number of nitrogens with one attached hydrogen (secondary N) is 1. The largest absolute Gasteiger partial charge is 0.352 e. The normalized spacial score (nSPS) is 13.1. The second-order valence-electron chi connectivity index (χ2n) is 8.68. The van der Waals surface area contributed by atoms with Crippen LogP contribution in [0.3, 0.4) is 0 Å². The highest BCUT2D eigenvalue weighted by atomic mass is 35.5. The Kier molecular flexibility index (Phi) is 11.3. The minimum Gasteiger partial charge on any atom is -0.352 e. The molecule has 0 saturated heterocycles. The number of amides is 2. The zero-order valence-corrected chi connectivity index (χ0v) is 23.9. The Balaban J connectivity index is 2.19. The molecule has 2 aromatic rings. The molecule has 0 unspecified atom stereocenters. The number of benzene rings is 2. The third-order valence-electron chi connectivity index (χ3n) is 5.77. The molecule has 7 nitrogen and oxygen atoms in total. The van der Waals surface area contributed by atoms with Crippen molar-refractivity contribution in [3.05, 3.63) is 63.1 Å². The number of carbonyl (C=O) groups excluding carboxylic acids is 2. The number of hydrogen-bond donors (Lipinski definition) is 1. The lowest BCUT2D eigenvalue weighted by atomic mass is 10.1. The van der Waals surface area contributed by atoms with E-state index < -0.39 is 16.1 Å². The van der Waals surface area contributed by atoms with Gasteiger partial charge in [-0.2, -0.15) is 0 Å². The molecule has 0 aromatic heterocycles. The Morgan fingerprint density at radius 3 is 2.19 bits per heavy atom. The minimum absolute atomic E-state index is 0.0374. The Morgan fingerprint density at radius 1 is 1.00 bits per heavy atom. The molecule has 2 rings (SSSR count). The number of halogens is 3. The van der Waals surface area contributed by atoms with E-state index in [1.165, 1.54) is 9.21 Å². The molecule has 0 aliphatic rings. The van der Waals surface area contributed by atoms with Gasteiger partial charge >= 0.3 is 0 Å². The van der Waals surface area contributed by atoms with Gasteiger partial charge in [0.1, 0.15) is 6.04 Å². The second kappa shape index (κ2) is 13.5. The summed E-state index contributed by atoms with van der Waals surface area (Å²) >= 11 is 18.1. The molecule has 11 heteroatoms. The quantitative estimate of drug-likeness (QED) is 0.360. The van der Waals surface area contributed by atoms with E-state index in [0.717, 1.165) is 18.2 Å². The lowest BCUT2D eigenvalue weighted by molar-refractivity contribution is -0.140. The number of sulfonamides is 1. The van der Waals surface area contributed by atoms with Gasteiger partial charge < -0.3 is 10.2 Å². The molecule has 0 bridgehead atoms. The summed E-state index contributed by atoms with van der Waals surface area (Å²) < 4.78 is 26.0. The molecule has 198 valence electrons. The van der Waals surface area contributed by atoms with E-state index in [4.69, 9.17) is 34.8 Å². The molecule has 0 fully saturated rings. The molecule has 2 aromatic carbocycles. The summed E-state index contributed by atoms with van der Waals surface area (Å²) in [7, 11) is -3.58. The van der Waals surface area contributed by atoms with Crippen molar-refractivity contribution >= 4 is 62.3 Å². The van der Waals surface area contributed by atoms with Crippen LogP contribution in [-0.2, 0) is 26.2 Å². The highest BCUT2D eigenvalue weighted by molar-refractivity contribution is 7.92. The van der Waals surface area contributed by atoms with Crippen molar-refractivity contribution < 1.29 is 18.0 Å². The zero-order chi connectivity index (χ0) is 27.0. The van der Waals surface area contributed by atoms with Crippen molar-refractivity contribution in [1.29, 1.82) is 0 Å². The van der Waals surface area contributed by atoms with Crippen molar-refractivity contribution in [3.8, 4) is 0 Å². The van der Waals surface area contributed by atoms with E-state index in [9.17, 15) is 18.0 Å². The molecule has 0 heterocycles. The monoisotopic (exact) mass is 575 g/mol. The van der Waals surface area contributed by atoms with Gasteiger partial charge in [0, 0.05) is 30.6 Å². The van der Waals surface area contributed by atoms with E-state index in [-0.39, 0.29) is 43.8 Å². The molecular weight excluding hydrogens is 545 g/mol. The number of nitrogens with zero attached hydrogens (tertiary/aromatic N) is 2. The van der Waals surface area contributed by atoms with Crippen LogP contribution in [0.25, 0.3) is 0 Å². The number of hydrogen-bond acceptors (Lipinski definition) is 4. The zero-order valence-electron chi connectivity index (χ0n) is 20.8. The number of anilines is 1. The van der Waals surface area contributed by atoms with E-state index in [1.807, 2.05) is 13.8 Å². The standard InChI is InChI=1S/C25H32Cl3N3O4S/c1-5-17(2)29-25(33)18(3)30(16-19-8-13-22(27)23(28)15-19)24(32)7-6-14-31(36(4,34)35)21-11-9-20(26)10-12-21/h8-13,15,17-18H,5-7,14,16H2,1-4H3,(H,29,33)/t17-,18+/m1/s1. The molecule has 1 N–H and O–H groups in total. The van der Waals surface area contributed by atoms with E-state index in [2.05, 4.69) is 5.32 Å². The lowest BCUT2D eigenvalue weighted by Gasteiger charge is -2.30. The molecular formula is C25H32Cl3N3O4S. The Morgan fingerprint density at radius 2 is 1.64 bits per heavy atom. The van der Waals surface area contributed by atoms with Crippen molar-refractivity contribution in [3.63, 3.8) is 0 Å². The maximum atomic E-state index is 13.3. The molecule has 0 spiro atoms. The van der Waals surface area contributed by atoms with Crippen LogP contribution in [0, 0.1) is 0 Å². The molecule has 36 heavy (non-hydrogen) atoms. The minimum atomic E-state index is -3.58. The van der Waals surface area contributed by atoms with Crippen LogP contribution in [0.5, 0.6) is 0 Å². The molecule has 0 aliphatic carbocycles. The summed E-state index contributed by atoms with van der Waals surface area (Å²) in [5, 5.41) is 4.15. The first kappa shape index (κ1) is 30.2. The molecule has 0 saturated carbocycles. The summed E-state index contributed by atoms with van der Waals surface area (Å²) in [5.41, 5.74) is 1.18. The molecule has 2 amide bonds. The highest BCUT2D eigenvalue weighted by Gasteiger charge is 2.27. The van der Waals surface area contributed by atoms with Gasteiger partial charge in [0.05, 0.1) is 22.0 Å². The average Bonchev–Trinajstić information content (AvgIpc) is 2.81. The maximum Gasteiger partial charge on any atom is 0.242 e. The number of rotatable bonds is 12. The fourth-order valence-corrected chi connectivity index (χ4v) is 4.91. The average molecular weight is 577 g/mol. The summed E-state index contributed by atoms with van der Waals surface area (Å²) in [4.78, 5) is 27.6. The Hall–Kier alpha value is -2.00. The van der Waals surface area contributed by atoms with E-state index >= 15 is 0 Å². The maximum absolute atomic E-state index is 13.3. The van der Waals surface area contributed by atoms with Crippen molar-refractivity contribution in [1.82, 2.24) is 10.2 Å². The van der Waals surface area contributed by atoms with Gasteiger partial charge in [0.15, 0.2) is 0 Å². The SMILES string of the molecule is CC[C@@H](C)NC(=O)[C@H](C)N(Cc1ccc(Cl)c(Cl)c1)C(=O)CCCN(c1ccc(Cl)cc1)S(C)(=O)=O. The summed E-state index contributed by atoms with van der Waals surface area (Å²) in [5.74, 6) is -0.547. The van der Waals surface area contributed by atoms with Crippen LogP contribution in [0.1, 0.15) is 45.6 Å². The fourth-order valence-electron chi connectivity index (χ4n) is 3.49. The fraction of sp³-hybridized carbons (Fsp3) is 0.440. The molecule has 0 radical (unpaired) electrons. The van der Waals surface area contributed by atoms with E-state index in [0.29, 0.717) is 20.8 Å². The van der Waals surface area contributed by atoms with Gasteiger partial charge in [-0.05, 0) is 68.7 Å². The topological polar surface area (TPSA) is 86.8 Å². The van der Waals surface area contributed by atoms with Gasteiger partial charge in [0.25, 0.3) is 0 Å². The van der Waals surface area contributed by atoms with Gasteiger partial charge in [-0.15, -0.1) is 0 Å². The van der Waals surface area contributed by atoms with Crippen molar-refractivity contribution in [2.45, 2.75) is 58.7 Å². The third kappa shape index (κ3) is 8.83.